The van der Waals surface area contributed by atoms with Crippen molar-refractivity contribution in [2.24, 2.45) is 0 Å². The highest BCUT2D eigenvalue weighted by molar-refractivity contribution is 5.73. The van der Waals surface area contributed by atoms with Gasteiger partial charge in [-0.05, 0) is 32.6 Å². The number of nitrogens with one attached hydrogen (secondary N) is 3. The number of hydrogen-bond donors (Lipinski definition) is 3. The number of aromatic amines is 1. The fraction of sp³-hybridized carbons (Fsp3) is 0.500. The van der Waals surface area contributed by atoms with Crippen molar-refractivity contribution in [2.45, 2.75) is 62.7 Å². The molecule has 14 heteroatoms. The Kier molecular flexibility index (Phi) is 5.24. The highest BCUT2D eigenvalue weighted by Crippen LogP contribution is 2.39. The summed E-state index contributed by atoms with van der Waals surface area (Å²) >= 11 is 0. The summed E-state index contributed by atoms with van der Waals surface area (Å²) in [6.07, 6.45) is -2.49. The molecular formula is C20H21F4N7O3. The molecule has 2 aliphatic carbocycles. The molecule has 3 aromatic rings. The minimum absolute atomic E-state index is 0.180. The summed E-state index contributed by atoms with van der Waals surface area (Å²) < 4.78 is 62.8. The van der Waals surface area contributed by atoms with Crippen molar-refractivity contribution in [2.75, 3.05) is 5.32 Å². The summed E-state index contributed by atoms with van der Waals surface area (Å²) in [5.41, 5.74) is 0.466. The Labute approximate surface area is 190 Å². The number of alkyl carbamates (subject to hydrolysis) is 1. The molecule has 0 spiro atoms. The third kappa shape index (κ3) is 4.70. The molecule has 0 bridgehead atoms. The van der Waals surface area contributed by atoms with Gasteiger partial charge >= 0.3 is 12.5 Å². The van der Waals surface area contributed by atoms with Gasteiger partial charge in [-0.1, -0.05) is 0 Å². The van der Waals surface area contributed by atoms with E-state index in [0.29, 0.717) is 18.5 Å². The van der Waals surface area contributed by atoms with Gasteiger partial charge in [0.1, 0.15) is 17.8 Å². The first-order valence-corrected chi connectivity index (χ1v) is 10.6. The molecule has 0 aliphatic heterocycles. The van der Waals surface area contributed by atoms with E-state index in [9.17, 15) is 18.0 Å². The summed E-state index contributed by atoms with van der Waals surface area (Å²) in [5, 5.41) is 16.2. The first kappa shape index (κ1) is 22.2. The molecule has 2 fully saturated rings. The normalized spacial score (nSPS) is 23.6. The van der Waals surface area contributed by atoms with E-state index in [1.807, 2.05) is 6.92 Å². The molecule has 5 rings (SSSR count). The van der Waals surface area contributed by atoms with E-state index in [2.05, 4.69) is 35.7 Å². The van der Waals surface area contributed by atoms with Crippen LogP contribution < -0.4 is 15.4 Å². The molecule has 0 radical (unpaired) electrons. The fourth-order valence-corrected chi connectivity index (χ4v) is 3.97. The number of nitrogens with zero attached hydrogens (tertiary/aromatic N) is 4. The van der Waals surface area contributed by atoms with Crippen molar-refractivity contribution in [3.63, 3.8) is 0 Å². The first-order valence-electron chi connectivity index (χ1n) is 10.6. The number of fused-ring (bicyclic) bond motifs is 1. The molecule has 3 N–H and O–H groups in total. The van der Waals surface area contributed by atoms with E-state index >= 15 is 4.39 Å². The molecule has 0 unspecified atom stereocenters. The van der Waals surface area contributed by atoms with Crippen molar-refractivity contribution in [3.05, 3.63) is 30.2 Å². The van der Waals surface area contributed by atoms with Gasteiger partial charge in [0.25, 0.3) is 0 Å². The topological polar surface area (TPSA) is 118 Å². The number of amides is 1. The highest BCUT2D eigenvalue weighted by atomic mass is 19.4. The maximum Gasteiger partial charge on any atom is 0.574 e. The van der Waals surface area contributed by atoms with E-state index < -0.39 is 36.5 Å². The van der Waals surface area contributed by atoms with Gasteiger partial charge < -0.3 is 20.1 Å². The molecule has 2 saturated carbocycles. The quantitative estimate of drug-likeness (QED) is 0.454. The van der Waals surface area contributed by atoms with Gasteiger partial charge in [-0.15, -0.1) is 18.3 Å². The van der Waals surface area contributed by atoms with Crippen LogP contribution in [0.3, 0.4) is 0 Å². The number of halogens is 4. The summed E-state index contributed by atoms with van der Waals surface area (Å²) in [6, 6.07) is 2.67. The highest BCUT2D eigenvalue weighted by Gasteiger charge is 2.43. The second kappa shape index (κ2) is 8.02. The van der Waals surface area contributed by atoms with Gasteiger partial charge in [0.2, 0.25) is 5.88 Å². The van der Waals surface area contributed by atoms with Crippen LogP contribution >= 0.6 is 0 Å². The molecule has 10 nitrogen and oxygen atoms in total. The monoisotopic (exact) mass is 483 g/mol. The zero-order valence-electron chi connectivity index (χ0n) is 17.9. The van der Waals surface area contributed by atoms with Crippen LogP contribution in [0.4, 0.5) is 34.0 Å². The van der Waals surface area contributed by atoms with Gasteiger partial charge in [-0.2, -0.15) is 5.10 Å². The lowest BCUT2D eigenvalue weighted by atomic mass is 10.0. The lowest BCUT2D eigenvalue weighted by Gasteiger charge is -2.19. The van der Waals surface area contributed by atoms with Crippen LogP contribution in [-0.4, -0.2) is 55.1 Å². The van der Waals surface area contributed by atoms with Gasteiger partial charge in [0.05, 0.1) is 0 Å². The van der Waals surface area contributed by atoms with Gasteiger partial charge in [-0.25, -0.2) is 18.7 Å². The van der Waals surface area contributed by atoms with E-state index in [1.165, 1.54) is 16.9 Å². The number of anilines is 2. The average molecular weight is 483 g/mol. The molecule has 1 amide bonds. The zero-order valence-corrected chi connectivity index (χ0v) is 17.9. The third-order valence-corrected chi connectivity index (χ3v) is 6.00. The van der Waals surface area contributed by atoms with Crippen LogP contribution in [0.1, 0.15) is 44.2 Å². The molecule has 0 aromatic carbocycles. The number of hydrogen-bond acceptors (Lipinski definition) is 7. The summed E-state index contributed by atoms with van der Waals surface area (Å²) in [5.74, 6) is -0.725. The Balaban J connectivity index is 1.25. The maximum atomic E-state index is 15.0. The number of carbonyl (C=O) groups is 1. The molecule has 3 heterocycles. The number of H-pyrrole nitrogens is 1. The van der Waals surface area contributed by atoms with Crippen molar-refractivity contribution in [1.29, 1.82) is 0 Å². The fourth-order valence-electron chi connectivity index (χ4n) is 3.97. The molecule has 0 saturated heterocycles. The van der Waals surface area contributed by atoms with Crippen molar-refractivity contribution in [3.8, 4) is 5.88 Å². The first-order chi connectivity index (χ1) is 16.1. The van der Waals surface area contributed by atoms with E-state index in [4.69, 9.17) is 4.74 Å². The van der Waals surface area contributed by atoms with Gasteiger partial charge in [-0.3, -0.25) is 5.10 Å². The minimum atomic E-state index is -4.88. The predicted molar refractivity (Wildman–Crippen MR) is 109 cm³/mol. The lowest BCUT2D eigenvalue weighted by Crippen LogP contribution is -2.38. The van der Waals surface area contributed by atoms with E-state index in [-0.39, 0.29) is 22.7 Å². The summed E-state index contributed by atoms with van der Waals surface area (Å²) in [4.78, 5) is 16.1. The van der Waals surface area contributed by atoms with Crippen LogP contribution in [0.5, 0.6) is 5.88 Å². The van der Waals surface area contributed by atoms with E-state index in [1.54, 1.807) is 6.07 Å². The molecule has 3 atom stereocenters. The van der Waals surface area contributed by atoms with Crippen LogP contribution in [0.25, 0.3) is 5.52 Å². The van der Waals surface area contributed by atoms with Gasteiger partial charge in [0.15, 0.2) is 11.6 Å². The van der Waals surface area contributed by atoms with Crippen LogP contribution in [0, 0.1) is 0 Å². The van der Waals surface area contributed by atoms with Crippen molar-refractivity contribution in [1.82, 2.24) is 30.1 Å². The molecule has 34 heavy (non-hydrogen) atoms. The Morgan fingerprint density at radius 3 is 2.82 bits per heavy atom. The third-order valence-electron chi connectivity index (χ3n) is 6.00. The molecular weight excluding hydrogens is 462 g/mol. The number of aromatic nitrogens is 5. The maximum absolute atomic E-state index is 15.0. The summed E-state index contributed by atoms with van der Waals surface area (Å²) in [6.45, 7) is 1.90. The Hall–Kier alpha value is -3.58. The Bertz CT molecular complexity index is 1210. The largest absolute Gasteiger partial charge is 0.574 e. The van der Waals surface area contributed by atoms with Crippen LogP contribution in [0.2, 0.25) is 0 Å². The Morgan fingerprint density at radius 2 is 2.09 bits per heavy atom. The molecule has 3 aromatic heterocycles. The Morgan fingerprint density at radius 1 is 1.29 bits per heavy atom. The average Bonchev–Trinajstić information content (AvgIpc) is 3.10. The number of ether oxygens (including phenoxy) is 2. The zero-order chi connectivity index (χ0) is 24.1. The lowest BCUT2D eigenvalue weighted by molar-refractivity contribution is -0.276. The number of alkyl halides is 4. The van der Waals surface area contributed by atoms with Crippen molar-refractivity contribution >= 4 is 23.2 Å². The number of rotatable bonds is 6. The minimum Gasteiger partial charge on any atom is -0.443 e. The molecule has 182 valence electrons. The number of carbonyl (C=O) groups excluding carboxylic acids is 1. The molecule has 2 aliphatic rings. The van der Waals surface area contributed by atoms with E-state index in [0.717, 1.165) is 18.9 Å². The predicted octanol–water partition coefficient (Wildman–Crippen LogP) is 3.96. The van der Waals surface area contributed by atoms with Crippen LogP contribution in [0.15, 0.2) is 24.5 Å². The standard InChI is InChI=1S/C20H21F4N7O3/c1-19(4-5-19)27-18(32)33-13-3-2-10(16(13)21)11-8-14(29-28-11)26-17-12-9-15(34-20(22,23)24)30-31(12)7-6-25-17/h6-10,13,16H,2-5H2,1H3,(H,27,32)(H2,25,26,28,29)/t10-,13-,16-/m1/s1. The summed E-state index contributed by atoms with van der Waals surface area (Å²) in [7, 11) is 0. The second-order valence-corrected chi connectivity index (χ2v) is 8.73. The van der Waals surface area contributed by atoms with Crippen LogP contribution in [-0.2, 0) is 4.74 Å². The van der Waals surface area contributed by atoms with Gasteiger partial charge in [0, 0.05) is 41.7 Å². The van der Waals surface area contributed by atoms with Crippen molar-refractivity contribution < 1.29 is 31.8 Å². The second-order valence-electron chi connectivity index (χ2n) is 8.73. The SMILES string of the molecule is CC1(NC(=O)O[C@@H]2CC[C@H](c3cc(Nc4nccn5nc(OC(F)(F)F)cc45)n[nH]3)[C@H]2F)CC1. The smallest absolute Gasteiger partial charge is 0.443 e.